The van der Waals surface area contributed by atoms with Crippen molar-refractivity contribution in [1.29, 1.82) is 0 Å². The molecule has 0 aromatic heterocycles. The average molecular weight is 185 g/mol. The number of rotatable bonds is 3. The molecule has 0 spiro atoms. The Hall–Kier alpha value is -1.13. The molecule has 2 N–H and O–H groups in total. The standard InChI is InChI=1S/C9H12FNO2/c1-6-7(5-11-12)3-8(10)4-9(6)13-2/h3-4,11-12H,5H2,1-2H3. The van der Waals surface area contributed by atoms with Gasteiger partial charge in [-0.1, -0.05) is 0 Å². The third-order valence-corrected chi connectivity index (χ3v) is 1.92. The number of halogens is 1. The Bertz CT molecular complexity index is 302. The maximum atomic E-state index is 12.9. The van der Waals surface area contributed by atoms with Crippen molar-refractivity contribution in [2.45, 2.75) is 13.5 Å². The first kappa shape index (κ1) is 9.95. The molecule has 0 atom stereocenters. The highest BCUT2D eigenvalue weighted by molar-refractivity contribution is 5.39. The molecule has 0 aliphatic carbocycles. The molecule has 0 aliphatic heterocycles. The van der Waals surface area contributed by atoms with Crippen LogP contribution in [0.3, 0.4) is 0 Å². The van der Waals surface area contributed by atoms with E-state index in [2.05, 4.69) is 0 Å². The molecule has 0 amide bonds. The summed E-state index contributed by atoms with van der Waals surface area (Å²) in [5, 5.41) is 8.49. The molecule has 4 heteroatoms. The minimum atomic E-state index is -0.368. The van der Waals surface area contributed by atoms with Gasteiger partial charge in [-0.2, -0.15) is 0 Å². The molecule has 1 rings (SSSR count). The average Bonchev–Trinajstić information content (AvgIpc) is 2.11. The molecule has 0 saturated heterocycles. The summed E-state index contributed by atoms with van der Waals surface area (Å²) in [6.07, 6.45) is 0. The van der Waals surface area contributed by atoms with Gasteiger partial charge in [0.1, 0.15) is 11.6 Å². The maximum absolute atomic E-state index is 12.9. The van der Waals surface area contributed by atoms with Crippen molar-refractivity contribution >= 4 is 0 Å². The smallest absolute Gasteiger partial charge is 0.127 e. The topological polar surface area (TPSA) is 41.5 Å². The summed E-state index contributed by atoms with van der Waals surface area (Å²) in [5.74, 6) is 0.123. The van der Waals surface area contributed by atoms with E-state index in [-0.39, 0.29) is 12.4 Å². The van der Waals surface area contributed by atoms with Crippen LogP contribution in [0.1, 0.15) is 11.1 Å². The summed E-state index contributed by atoms with van der Waals surface area (Å²) >= 11 is 0. The SMILES string of the molecule is COc1cc(F)cc(CNO)c1C. The van der Waals surface area contributed by atoms with Gasteiger partial charge < -0.3 is 9.94 Å². The minimum absolute atomic E-state index is 0.208. The fourth-order valence-electron chi connectivity index (χ4n) is 1.19. The molecular weight excluding hydrogens is 173 g/mol. The van der Waals surface area contributed by atoms with Gasteiger partial charge in [0, 0.05) is 12.6 Å². The summed E-state index contributed by atoms with van der Waals surface area (Å²) in [7, 11) is 1.48. The van der Waals surface area contributed by atoms with E-state index in [0.29, 0.717) is 11.3 Å². The molecule has 0 bridgehead atoms. The first-order chi connectivity index (χ1) is 6.19. The van der Waals surface area contributed by atoms with E-state index in [0.717, 1.165) is 5.56 Å². The van der Waals surface area contributed by atoms with Crippen molar-refractivity contribution in [1.82, 2.24) is 5.48 Å². The third kappa shape index (κ3) is 2.17. The van der Waals surface area contributed by atoms with Crippen LogP contribution in [-0.2, 0) is 6.54 Å². The summed E-state index contributed by atoms with van der Waals surface area (Å²) in [4.78, 5) is 0. The number of nitrogens with one attached hydrogen (secondary N) is 1. The van der Waals surface area contributed by atoms with Gasteiger partial charge in [-0.3, -0.25) is 0 Å². The summed E-state index contributed by atoms with van der Waals surface area (Å²) in [5.41, 5.74) is 3.49. The molecule has 0 heterocycles. The van der Waals surface area contributed by atoms with Gasteiger partial charge in [0.15, 0.2) is 0 Å². The van der Waals surface area contributed by atoms with E-state index in [1.165, 1.54) is 19.2 Å². The van der Waals surface area contributed by atoms with Crippen molar-refractivity contribution < 1.29 is 14.3 Å². The Morgan fingerprint density at radius 3 is 2.77 bits per heavy atom. The van der Waals surface area contributed by atoms with Crippen molar-refractivity contribution in [2.75, 3.05) is 7.11 Å². The zero-order valence-corrected chi connectivity index (χ0v) is 7.60. The molecule has 0 saturated carbocycles. The molecule has 13 heavy (non-hydrogen) atoms. The van der Waals surface area contributed by atoms with Gasteiger partial charge in [-0.05, 0) is 24.1 Å². The van der Waals surface area contributed by atoms with Crippen molar-refractivity contribution in [3.63, 3.8) is 0 Å². The summed E-state index contributed by atoms with van der Waals surface area (Å²) in [6, 6.07) is 2.68. The Morgan fingerprint density at radius 1 is 1.54 bits per heavy atom. The molecule has 72 valence electrons. The Labute approximate surface area is 76.1 Å². The molecule has 1 aromatic carbocycles. The van der Waals surface area contributed by atoms with Crippen molar-refractivity contribution in [3.05, 3.63) is 29.1 Å². The van der Waals surface area contributed by atoms with E-state index < -0.39 is 0 Å². The van der Waals surface area contributed by atoms with Gasteiger partial charge in [0.25, 0.3) is 0 Å². The summed E-state index contributed by atoms with van der Waals surface area (Å²) < 4.78 is 17.9. The normalized spacial score (nSPS) is 10.2. The lowest BCUT2D eigenvalue weighted by Crippen LogP contribution is -2.08. The molecular formula is C9H12FNO2. The van der Waals surface area contributed by atoms with Crippen LogP contribution in [0, 0.1) is 12.7 Å². The fraction of sp³-hybridized carbons (Fsp3) is 0.333. The van der Waals surface area contributed by atoms with E-state index in [1.807, 2.05) is 12.4 Å². The van der Waals surface area contributed by atoms with E-state index in [4.69, 9.17) is 9.94 Å². The molecule has 0 aliphatic rings. The molecule has 1 aromatic rings. The first-order valence-electron chi connectivity index (χ1n) is 3.89. The van der Waals surface area contributed by atoms with Crippen molar-refractivity contribution in [2.24, 2.45) is 0 Å². The van der Waals surface area contributed by atoms with Gasteiger partial charge in [0.2, 0.25) is 0 Å². The van der Waals surface area contributed by atoms with Crippen LogP contribution in [0.15, 0.2) is 12.1 Å². The Balaban J connectivity index is 3.11. The highest BCUT2D eigenvalue weighted by atomic mass is 19.1. The van der Waals surface area contributed by atoms with Gasteiger partial charge in [-0.25, -0.2) is 9.87 Å². The largest absolute Gasteiger partial charge is 0.496 e. The lowest BCUT2D eigenvalue weighted by Gasteiger charge is -2.09. The van der Waals surface area contributed by atoms with Crippen LogP contribution in [0.5, 0.6) is 5.75 Å². The number of benzene rings is 1. The van der Waals surface area contributed by atoms with E-state index in [9.17, 15) is 4.39 Å². The van der Waals surface area contributed by atoms with E-state index in [1.54, 1.807) is 0 Å². The monoisotopic (exact) mass is 185 g/mol. The first-order valence-corrected chi connectivity index (χ1v) is 3.89. The van der Waals surface area contributed by atoms with Crippen LogP contribution in [0.4, 0.5) is 4.39 Å². The number of hydrogen-bond donors (Lipinski definition) is 2. The quantitative estimate of drug-likeness (QED) is 0.703. The van der Waals surface area contributed by atoms with Gasteiger partial charge in [-0.15, -0.1) is 0 Å². The van der Waals surface area contributed by atoms with Crippen LogP contribution in [0.2, 0.25) is 0 Å². The zero-order valence-electron chi connectivity index (χ0n) is 7.60. The van der Waals surface area contributed by atoms with Crippen LogP contribution < -0.4 is 10.2 Å². The van der Waals surface area contributed by atoms with Crippen LogP contribution in [0.25, 0.3) is 0 Å². The fourth-order valence-corrected chi connectivity index (χ4v) is 1.19. The van der Waals surface area contributed by atoms with Gasteiger partial charge >= 0.3 is 0 Å². The Kier molecular flexibility index (Phi) is 3.22. The predicted molar refractivity (Wildman–Crippen MR) is 46.3 cm³/mol. The lowest BCUT2D eigenvalue weighted by molar-refractivity contribution is 0.161. The highest BCUT2D eigenvalue weighted by Crippen LogP contribution is 2.22. The number of methoxy groups -OCH3 is 1. The van der Waals surface area contributed by atoms with Crippen LogP contribution in [-0.4, -0.2) is 12.3 Å². The molecule has 3 nitrogen and oxygen atoms in total. The van der Waals surface area contributed by atoms with Crippen molar-refractivity contribution in [3.8, 4) is 5.75 Å². The third-order valence-electron chi connectivity index (χ3n) is 1.92. The molecule has 0 unspecified atom stereocenters. The van der Waals surface area contributed by atoms with E-state index >= 15 is 0 Å². The molecule has 0 radical (unpaired) electrons. The summed E-state index contributed by atoms with van der Waals surface area (Å²) in [6.45, 7) is 2.02. The maximum Gasteiger partial charge on any atom is 0.127 e. The highest BCUT2D eigenvalue weighted by Gasteiger charge is 2.06. The lowest BCUT2D eigenvalue weighted by atomic mass is 10.1. The Morgan fingerprint density at radius 2 is 2.23 bits per heavy atom. The predicted octanol–water partition coefficient (Wildman–Crippen LogP) is 1.62. The number of ether oxygens (including phenoxy) is 1. The zero-order chi connectivity index (χ0) is 9.84. The van der Waals surface area contributed by atoms with Gasteiger partial charge in [0.05, 0.1) is 7.11 Å². The van der Waals surface area contributed by atoms with Crippen LogP contribution >= 0.6 is 0 Å². The second-order valence-corrected chi connectivity index (χ2v) is 2.73. The molecule has 0 fully saturated rings. The second kappa shape index (κ2) is 4.20. The number of hydrogen-bond acceptors (Lipinski definition) is 3. The minimum Gasteiger partial charge on any atom is -0.496 e. The second-order valence-electron chi connectivity index (χ2n) is 2.73. The number of hydroxylamine groups is 1.